The fourth-order valence-electron chi connectivity index (χ4n) is 2.45. The van der Waals surface area contributed by atoms with Gasteiger partial charge < -0.3 is 10.4 Å². The molecule has 0 radical (unpaired) electrons. The molecule has 0 aromatic heterocycles. The summed E-state index contributed by atoms with van der Waals surface area (Å²) < 4.78 is 0. The molecule has 1 amide bonds. The number of aliphatic hydroxyl groups excluding tert-OH is 1. The molecule has 3 N–H and O–H groups in total. The van der Waals surface area contributed by atoms with Crippen molar-refractivity contribution in [2.75, 3.05) is 0 Å². The lowest BCUT2D eigenvalue weighted by atomic mass is 10.0. The highest BCUT2D eigenvalue weighted by Crippen LogP contribution is 2.15. The number of benzene rings is 2. The third-order valence-electron chi connectivity index (χ3n) is 3.84. The van der Waals surface area contributed by atoms with E-state index in [1.54, 1.807) is 0 Å². The van der Waals surface area contributed by atoms with Crippen molar-refractivity contribution in [3.8, 4) is 0 Å². The first-order chi connectivity index (χ1) is 11.1. The Balaban J connectivity index is 1.87. The van der Waals surface area contributed by atoms with E-state index in [1.807, 2.05) is 68.4 Å². The normalized spacial score (nSPS) is 13.3. The third kappa shape index (κ3) is 5.20. The van der Waals surface area contributed by atoms with E-state index in [4.69, 9.17) is 0 Å². The predicted molar refractivity (Wildman–Crippen MR) is 91.7 cm³/mol. The molecule has 4 nitrogen and oxygen atoms in total. The molecule has 0 aliphatic carbocycles. The second-order valence-corrected chi connectivity index (χ2v) is 5.72. The Morgan fingerprint density at radius 3 is 2.43 bits per heavy atom. The van der Waals surface area contributed by atoms with Crippen LogP contribution in [0.3, 0.4) is 0 Å². The minimum atomic E-state index is -0.300. The number of carbonyl (C=O) groups excluding carboxylic acids is 1. The summed E-state index contributed by atoms with van der Waals surface area (Å²) in [6, 6.07) is 17.3. The topological polar surface area (TPSA) is 61.4 Å². The zero-order chi connectivity index (χ0) is 16.7. The molecule has 2 aromatic carbocycles. The van der Waals surface area contributed by atoms with Crippen LogP contribution in [0.2, 0.25) is 0 Å². The number of hydrogen-bond donors (Lipinski definition) is 3. The van der Waals surface area contributed by atoms with E-state index in [1.165, 1.54) is 0 Å². The van der Waals surface area contributed by atoms with Gasteiger partial charge >= 0.3 is 0 Å². The van der Waals surface area contributed by atoms with Crippen molar-refractivity contribution in [3.05, 3.63) is 71.3 Å². The van der Waals surface area contributed by atoms with E-state index in [-0.39, 0.29) is 24.6 Å². The second-order valence-electron chi connectivity index (χ2n) is 5.72. The lowest BCUT2D eigenvalue weighted by molar-refractivity contribution is -0.123. The van der Waals surface area contributed by atoms with Crippen LogP contribution in [0.25, 0.3) is 0 Å². The van der Waals surface area contributed by atoms with Crippen LogP contribution in [0.15, 0.2) is 54.6 Å². The van der Waals surface area contributed by atoms with Crippen molar-refractivity contribution in [3.63, 3.8) is 0 Å². The number of carbonyl (C=O) groups is 1. The van der Waals surface area contributed by atoms with E-state index < -0.39 is 0 Å². The highest BCUT2D eigenvalue weighted by atomic mass is 16.3. The van der Waals surface area contributed by atoms with E-state index in [9.17, 15) is 9.90 Å². The first kappa shape index (κ1) is 17.2. The monoisotopic (exact) mass is 312 g/mol. The molecule has 0 aliphatic heterocycles. The highest BCUT2D eigenvalue weighted by molar-refractivity contribution is 5.81. The van der Waals surface area contributed by atoms with Crippen molar-refractivity contribution in [1.29, 1.82) is 0 Å². The van der Waals surface area contributed by atoms with Crippen LogP contribution in [-0.2, 0) is 17.9 Å². The zero-order valence-corrected chi connectivity index (χ0v) is 13.6. The molecule has 0 spiro atoms. The van der Waals surface area contributed by atoms with Gasteiger partial charge in [-0.3, -0.25) is 10.1 Å². The molecule has 0 saturated heterocycles. The van der Waals surface area contributed by atoms with Gasteiger partial charge in [-0.2, -0.15) is 0 Å². The van der Waals surface area contributed by atoms with Crippen molar-refractivity contribution in [2.24, 2.45) is 0 Å². The first-order valence-electron chi connectivity index (χ1n) is 7.87. The summed E-state index contributed by atoms with van der Waals surface area (Å²) in [5.41, 5.74) is 3.01. The van der Waals surface area contributed by atoms with Gasteiger partial charge in [0, 0.05) is 12.6 Å². The molecule has 23 heavy (non-hydrogen) atoms. The van der Waals surface area contributed by atoms with Crippen LogP contribution in [0, 0.1) is 0 Å². The third-order valence-corrected chi connectivity index (χ3v) is 3.84. The predicted octanol–water partition coefficient (Wildman–Crippen LogP) is 2.53. The summed E-state index contributed by atoms with van der Waals surface area (Å²) in [5.74, 6) is -0.0287. The maximum atomic E-state index is 12.2. The molecular formula is C19H24N2O2. The molecule has 2 rings (SSSR count). The van der Waals surface area contributed by atoms with Crippen LogP contribution in [-0.4, -0.2) is 17.1 Å². The number of hydrogen-bond acceptors (Lipinski definition) is 3. The zero-order valence-electron chi connectivity index (χ0n) is 13.6. The Labute approximate surface area is 137 Å². The highest BCUT2D eigenvalue weighted by Gasteiger charge is 2.16. The minimum Gasteiger partial charge on any atom is -0.392 e. The number of amides is 1. The Kier molecular flexibility index (Phi) is 6.32. The summed E-state index contributed by atoms with van der Waals surface area (Å²) >= 11 is 0. The summed E-state index contributed by atoms with van der Waals surface area (Å²) in [6.07, 6.45) is 0. The van der Waals surface area contributed by atoms with Crippen LogP contribution < -0.4 is 10.6 Å². The molecule has 122 valence electrons. The summed E-state index contributed by atoms with van der Waals surface area (Å²) in [6.45, 7) is 4.41. The SMILES string of the molecule is CC(NC(C)c1cccc(CO)c1)C(=O)NCc1ccccc1. The molecule has 0 saturated carbocycles. The molecule has 0 aliphatic rings. The van der Waals surface area contributed by atoms with E-state index in [2.05, 4.69) is 10.6 Å². The van der Waals surface area contributed by atoms with Crippen LogP contribution in [0.4, 0.5) is 0 Å². The van der Waals surface area contributed by atoms with Gasteiger partial charge in [0.05, 0.1) is 12.6 Å². The number of aliphatic hydroxyl groups is 1. The molecule has 2 atom stereocenters. The van der Waals surface area contributed by atoms with Crippen LogP contribution >= 0.6 is 0 Å². The summed E-state index contributed by atoms with van der Waals surface area (Å²) in [7, 11) is 0. The lowest BCUT2D eigenvalue weighted by Gasteiger charge is -2.20. The van der Waals surface area contributed by atoms with Crippen molar-refractivity contribution < 1.29 is 9.90 Å². The van der Waals surface area contributed by atoms with Gasteiger partial charge in [-0.25, -0.2) is 0 Å². The maximum Gasteiger partial charge on any atom is 0.237 e. The van der Waals surface area contributed by atoms with Gasteiger partial charge in [0.25, 0.3) is 0 Å². The van der Waals surface area contributed by atoms with E-state index >= 15 is 0 Å². The lowest BCUT2D eigenvalue weighted by Crippen LogP contribution is -2.42. The second kappa shape index (κ2) is 8.46. The number of rotatable bonds is 7. The van der Waals surface area contributed by atoms with Crippen molar-refractivity contribution in [2.45, 2.75) is 39.1 Å². The molecule has 0 bridgehead atoms. The van der Waals surface area contributed by atoms with Crippen LogP contribution in [0.1, 0.15) is 36.6 Å². The fraction of sp³-hybridized carbons (Fsp3) is 0.316. The van der Waals surface area contributed by atoms with E-state index in [0.29, 0.717) is 6.54 Å². The Morgan fingerprint density at radius 1 is 1.04 bits per heavy atom. The molecule has 4 heteroatoms. The maximum absolute atomic E-state index is 12.2. The Morgan fingerprint density at radius 2 is 1.74 bits per heavy atom. The van der Waals surface area contributed by atoms with Crippen molar-refractivity contribution >= 4 is 5.91 Å². The standard InChI is InChI=1S/C19H24N2O2/c1-14(18-10-6-9-17(11-18)13-22)21-15(2)19(23)20-12-16-7-4-3-5-8-16/h3-11,14-15,21-22H,12-13H2,1-2H3,(H,20,23). The van der Waals surface area contributed by atoms with Gasteiger partial charge in [-0.15, -0.1) is 0 Å². The van der Waals surface area contributed by atoms with E-state index in [0.717, 1.165) is 16.7 Å². The average molecular weight is 312 g/mol. The minimum absolute atomic E-state index is 0.0215. The fourth-order valence-corrected chi connectivity index (χ4v) is 2.45. The smallest absolute Gasteiger partial charge is 0.237 e. The van der Waals surface area contributed by atoms with Gasteiger partial charge in [0.2, 0.25) is 5.91 Å². The first-order valence-corrected chi connectivity index (χ1v) is 7.87. The quantitative estimate of drug-likeness (QED) is 0.736. The molecule has 2 aromatic rings. The van der Waals surface area contributed by atoms with Crippen LogP contribution in [0.5, 0.6) is 0 Å². The molecule has 0 heterocycles. The summed E-state index contributed by atoms with van der Waals surface area (Å²) in [4.78, 5) is 12.2. The Hall–Kier alpha value is -2.17. The van der Waals surface area contributed by atoms with Gasteiger partial charge in [0.1, 0.15) is 0 Å². The van der Waals surface area contributed by atoms with Gasteiger partial charge in [0.15, 0.2) is 0 Å². The molecule has 0 fully saturated rings. The largest absolute Gasteiger partial charge is 0.392 e. The Bertz CT molecular complexity index is 628. The number of nitrogens with one attached hydrogen (secondary N) is 2. The van der Waals surface area contributed by atoms with Gasteiger partial charge in [-0.1, -0.05) is 54.6 Å². The van der Waals surface area contributed by atoms with Crippen molar-refractivity contribution in [1.82, 2.24) is 10.6 Å². The summed E-state index contributed by atoms with van der Waals surface area (Å²) in [5, 5.41) is 15.4. The van der Waals surface area contributed by atoms with Gasteiger partial charge in [-0.05, 0) is 30.5 Å². The molecular weight excluding hydrogens is 288 g/mol. The average Bonchev–Trinajstić information content (AvgIpc) is 2.60. The molecule has 2 unspecified atom stereocenters.